The highest BCUT2D eigenvalue weighted by Crippen LogP contribution is 2.31. The van der Waals surface area contributed by atoms with Gasteiger partial charge in [-0.05, 0) is 86.7 Å². The molecular formula is C30H28N4O3. The van der Waals surface area contributed by atoms with Crippen molar-refractivity contribution in [2.45, 2.75) is 51.2 Å². The van der Waals surface area contributed by atoms with Gasteiger partial charge in [-0.2, -0.15) is 0 Å². The smallest absolute Gasteiger partial charge is 0.254 e. The molecule has 7 heteroatoms. The van der Waals surface area contributed by atoms with E-state index < -0.39 is 0 Å². The standard InChI is InChI=1S/C30H28N4O3/c1-19-3-2-4-24(17-19)29-33-32-28(37-29)22-9-11-23(12-10-22)30(36)34(26-15-16-26)18-20-5-7-21(8-6-20)27(35)31-25-13-14-25/h2-12,17,25-26H,13-16,18H2,1H3,(H,31,35). The summed E-state index contributed by atoms with van der Waals surface area (Å²) in [7, 11) is 0. The number of hydrogen-bond acceptors (Lipinski definition) is 5. The first-order valence-corrected chi connectivity index (χ1v) is 12.8. The lowest BCUT2D eigenvalue weighted by Crippen LogP contribution is -2.32. The van der Waals surface area contributed by atoms with Gasteiger partial charge in [0, 0.05) is 40.9 Å². The number of rotatable bonds is 8. The molecule has 0 bridgehead atoms. The van der Waals surface area contributed by atoms with Crippen LogP contribution in [0.4, 0.5) is 0 Å². The second kappa shape index (κ2) is 9.65. The monoisotopic (exact) mass is 492 g/mol. The number of nitrogens with zero attached hydrogens (tertiary/aromatic N) is 3. The van der Waals surface area contributed by atoms with Gasteiger partial charge in [0.2, 0.25) is 11.8 Å². The average Bonchev–Trinajstić information content (AvgIpc) is 3.86. The number of benzene rings is 3. The van der Waals surface area contributed by atoms with E-state index in [1.807, 2.05) is 84.6 Å². The predicted octanol–water partition coefficient (Wildman–Crippen LogP) is 5.41. The Bertz CT molecular complexity index is 1430. The third-order valence-electron chi connectivity index (χ3n) is 6.80. The van der Waals surface area contributed by atoms with E-state index in [1.54, 1.807) is 0 Å². The molecule has 7 nitrogen and oxygen atoms in total. The van der Waals surface area contributed by atoms with E-state index in [9.17, 15) is 9.59 Å². The average molecular weight is 493 g/mol. The summed E-state index contributed by atoms with van der Waals surface area (Å²) < 4.78 is 5.89. The Morgan fingerprint density at radius 1 is 0.865 bits per heavy atom. The van der Waals surface area contributed by atoms with Gasteiger partial charge in [0.1, 0.15) is 0 Å². The first kappa shape index (κ1) is 23.2. The second-order valence-corrected chi connectivity index (χ2v) is 9.97. The van der Waals surface area contributed by atoms with E-state index in [-0.39, 0.29) is 17.9 Å². The summed E-state index contributed by atoms with van der Waals surface area (Å²) in [5.74, 6) is 0.849. The van der Waals surface area contributed by atoms with Crippen LogP contribution in [-0.2, 0) is 6.54 Å². The molecule has 0 aliphatic heterocycles. The number of aromatic nitrogens is 2. The van der Waals surface area contributed by atoms with E-state index >= 15 is 0 Å². The molecule has 0 atom stereocenters. The van der Waals surface area contributed by atoms with Gasteiger partial charge in [0.15, 0.2) is 0 Å². The highest BCUT2D eigenvalue weighted by atomic mass is 16.4. The summed E-state index contributed by atoms with van der Waals surface area (Å²) in [5.41, 5.74) is 5.05. The van der Waals surface area contributed by atoms with Crippen LogP contribution in [0.1, 0.15) is 57.5 Å². The van der Waals surface area contributed by atoms with Crippen LogP contribution in [0.15, 0.2) is 77.2 Å². The van der Waals surface area contributed by atoms with Crippen molar-refractivity contribution in [3.05, 3.63) is 95.1 Å². The largest absolute Gasteiger partial charge is 0.416 e. The van der Waals surface area contributed by atoms with Crippen LogP contribution in [0.3, 0.4) is 0 Å². The Hall–Kier alpha value is -4.26. The molecule has 4 aromatic rings. The SMILES string of the molecule is Cc1cccc(-c2nnc(-c3ccc(C(=O)N(Cc4ccc(C(=O)NC5CC5)cc4)C4CC4)cc3)o2)c1. The molecule has 6 rings (SSSR count). The van der Waals surface area contributed by atoms with E-state index in [2.05, 4.69) is 15.5 Å². The normalized spacial score (nSPS) is 14.8. The molecule has 2 saturated carbocycles. The molecule has 1 heterocycles. The molecule has 3 aromatic carbocycles. The number of aryl methyl sites for hydroxylation is 1. The zero-order chi connectivity index (χ0) is 25.4. The van der Waals surface area contributed by atoms with Crippen molar-refractivity contribution in [2.24, 2.45) is 0 Å². The molecule has 1 aromatic heterocycles. The van der Waals surface area contributed by atoms with Gasteiger partial charge in [-0.25, -0.2) is 0 Å². The molecule has 37 heavy (non-hydrogen) atoms. The number of nitrogens with one attached hydrogen (secondary N) is 1. The zero-order valence-corrected chi connectivity index (χ0v) is 20.7. The first-order valence-electron chi connectivity index (χ1n) is 12.8. The lowest BCUT2D eigenvalue weighted by atomic mass is 10.1. The third-order valence-corrected chi connectivity index (χ3v) is 6.80. The van der Waals surface area contributed by atoms with Crippen molar-refractivity contribution in [1.82, 2.24) is 20.4 Å². The van der Waals surface area contributed by atoms with Crippen molar-refractivity contribution in [2.75, 3.05) is 0 Å². The Labute approximate surface area is 215 Å². The quantitative estimate of drug-likeness (QED) is 0.355. The van der Waals surface area contributed by atoms with Crippen LogP contribution in [0, 0.1) is 6.92 Å². The van der Waals surface area contributed by atoms with Crippen LogP contribution in [0.25, 0.3) is 22.9 Å². The molecule has 0 unspecified atom stereocenters. The summed E-state index contributed by atoms with van der Waals surface area (Å²) >= 11 is 0. The van der Waals surface area contributed by atoms with Crippen LogP contribution >= 0.6 is 0 Å². The fraction of sp³-hybridized carbons (Fsp3) is 0.267. The maximum Gasteiger partial charge on any atom is 0.254 e. The second-order valence-electron chi connectivity index (χ2n) is 9.97. The molecule has 1 N–H and O–H groups in total. The number of carbonyl (C=O) groups is 2. The minimum Gasteiger partial charge on any atom is -0.416 e. The molecule has 0 radical (unpaired) electrons. The zero-order valence-electron chi connectivity index (χ0n) is 20.7. The molecule has 2 fully saturated rings. The van der Waals surface area contributed by atoms with Gasteiger partial charge < -0.3 is 14.6 Å². The van der Waals surface area contributed by atoms with E-state index in [4.69, 9.17) is 4.42 Å². The summed E-state index contributed by atoms with van der Waals surface area (Å²) in [6, 6.07) is 23.4. The molecular weight excluding hydrogens is 464 g/mol. The van der Waals surface area contributed by atoms with E-state index in [1.165, 1.54) is 0 Å². The fourth-order valence-electron chi connectivity index (χ4n) is 4.36. The number of carbonyl (C=O) groups excluding carboxylic acids is 2. The van der Waals surface area contributed by atoms with Crippen molar-refractivity contribution in [3.63, 3.8) is 0 Å². The van der Waals surface area contributed by atoms with Crippen LogP contribution in [-0.4, -0.2) is 39.0 Å². The Morgan fingerprint density at radius 3 is 2.19 bits per heavy atom. The Kier molecular flexibility index (Phi) is 6.04. The van der Waals surface area contributed by atoms with E-state index in [0.717, 1.165) is 47.9 Å². The molecule has 0 spiro atoms. The van der Waals surface area contributed by atoms with Crippen molar-refractivity contribution in [1.29, 1.82) is 0 Å². The van der Waals surface area contributed by atoms with Gasteiger partial charge >= 0.3 is 0 Å². The molecule has 186 valence electrons. The number of amides is 2. The highest BCUT2D eigenvalue weighted by Gasteiger charge is 2.33. The summed E-state index contributed by atoms with van der Waals surface area (Å²) in [4.78, 5) is 27.6. The van der Waals surface area contributed by atoms with Gasteiger partial charge in [0.05, 0.1) is 0 Å². The highest BCUT2D eigenvalue weighted by molar-refractivity contribution is 5.95. The summed E-state index contributed by atoms with van der Waals surface area (Å²) in [6.45, 7) is 2.53. The minimum absolute atomic E-state index is 0.00409. The van der Waals surface area contributed by atoms with Crippen LogP contribution in [0.2, 0.25) is 0 Å². The molecule has 2 amide bonds. The maximum absolute atomic E-state index is 13.4. The fourth-order valence-corrected chi connectivity index (χ4v) is 4.36. The minimum atomic E-state index is -0.0310. The summed E-state index contributed by atoms with van der Waals surface area (Å²) in [6.07, 6.45) is 4.14. The lowest BCUT2D eigenvalue weighted by molar-refractivity contribution is 0.0729. The first-order chi connectivity index (χ1) is 18.0. The van der Waals surface area contributed by atoms with Gasteiger partial charge in [0.25, 0.3) is 11.8 Å². The molecule has 2 aliphatic carbocycles. The van der Waals surface area contributed by atoms with Crippen molar-refractivity contribution < 1.29 is 14.0 Å². The van der Waals surface area contributed by atoms with E-state index in [0.29, 0.717) is 35.5 Å². The van der Waals surface area contributed by atoms with Gasteiger partial charge in [-0.3, -0.25) is 9.59 Å². The Morgan fingerprint density at radius 2 is 1.54 bits per heavy atom. The number of hydrogen-bond donors (Lipinski definition) is 1. The summed E-state index contributed by atoms with van der Waals surface area (Å²) in [5, 5.41) is 11.4. The topological polar surface area (TPSA) is 88.3 Å². The third kappa shape index (κ3) is 5.31. The van der Waals surface area contributed by atoms with Gasteiger partial charge in [-0.1, -0.05) is 29.8 Å². The molecule has 0 saturated heterocycles. The Balaban J connectivity index is 1.14. The van der Waals surface area contributed by atoms with Crippen LogP contribution in [0.5, 0.6) is 0 Å². The van der Waals surface area contributed by atoms with Crippen molar-refractivity contribution >= 4 is 11.8 Å². The lowest BCUT2D eigenvalue weighted by Gasteiger charge is -2.23. The maximum atomic E-state index is 13.4. The van der Waals surface area contributed by atoms with Crippen LogP contribution < -0.4 is 5.32 Å². The van der Waals surface area contributed by atoms with Gasteiger partial charge in [-0.15, -0.1) is 10.2 Å². The molecule has 2 aliphatic rings. The predicted molar refractivity (Wildman–Crippen MR) is 140 cm³/mol. The van der Waals surface area contributed by atoms with Crippen molar-refractivity contribution in [3.8, 4) is 22.9 Å².